The number of carbonyl (C=O) groups is 1. The molecule has 0 saturated carbocycles. The lowest BCUT2D eigenvalue weighted by atomic mass is 10.1. The van der Waals surface area contributed by atoms with Crippen LogP contribution in [0.2, 0.25) is 0 Å². The van der Waals surface area contributed by atoms with E-state index in [-0.39, 0.29) is 5.91 Å². The summed E-state index contributed by atoms with van der Waals surface area (Å²) in [7, 11) is 0. The molecule has 22 heavy (non-hydrogen) atoms. The van der Waals surface area contributed by atoms with Crippen molar-refractivity contribution in [1.82, 2.24) is 4.98 Å². The lowest BCUT2D eigenvalue weighted by Crippen LogP contribution is -2.12. The van der Waals surface area contributed by atoms with Crippen LogP contribution in [0.3, 0.4) is 0 Å². The van der Waals surface area contributed by atoms with Crippen LogP contribution in [0.15, 0.2) is 30.3 Å². The molecule has 3 nitrogen and oxygen atoms in total. The lowest BCUT2D eigenvalue weighted by Gasteiger charge is -2.04. The summed E-state index contributed by atoms with van der Waals surface area (Å²) >= 11 is 1.53. The van der Waals surface area contributed by atoms with E-state index in [9.17, 15) is 4.79 Å². The van der Waals surface area contributed by atoms with Gasteiger partial charge in [-0.25, -0.2) is 4.98 Å². The van der Waals surface area contributed by atoms with E-state index in [4.69, 9.17) is 0 Å². The van der Waals surface area contributed by atoms with Gasteiger partial charge < -0.3 is 0 Å². The highest BCUT2D eigenvalue weighted by Crippen LogP contribution is 2.31. The highest BCUT2D eigenvalue weighted by molar-refractivity contribution is 7.22. The molecule has 0 spiro atoms. The summed E-state index contributed by atoms with van der Waals surface area (Å²) < 4.78 is 1.13. The summed E-state index contributed by atoms with van der Waals surface area (Å²) in [5.74, 6) is -0.110. The Kier molecular flexibility index (Phi) is 3.71. The van der Waals surface area contributed by atoms with Crippen molar-refractivity contribution >= 4 is 32.6 Å². The number of carbonyl (C=O) groups excluding carboxylic acids is 1. The molecule has 112 valence electrons. The highest BCUT2D eigenvalue weighted by atomic mass is 32.1. The Morgan fingerprint density at radius 1 is 1.00 bits per heavy atom. The van der Waals surface area contributed by atoms with E-state index < -0.39 is 0 Å². The molecule has 0 fully saturated rings. The topological polar surface area (TPSA) is 42.0 Å². The summed E-state index contributed by atoms with van der Waals surface area (Å²) in [5.41, 5.74) is 6.13. The zero-order valence-corrected chi connectivity index (χ0v) is 14.0. The number of benzene rings is 2. The molecule has 2 aromatic carbocycles. The minimum Gasteiger partial charge on any atom is -0.298 e. The van der Waals surface area contributed by atoms with Crippen LogP contribution in [0.4, 0.5) is 5.13 Å². The van der Waals surface area contributed by atoms with Gasteiger partial charge in [0.05, 0.1) is 10.2 Å². The number of nitrogens with zero attached hydrogens (tertiary/aromatic N) is 1. The van der Waals surface area contributed by atoms with Gasteiger partial charge in [0.25, 0.3) is 5.91 Å². The molecule has 0 unspecified atom stereocenters. The first-order chi connectivity index (χ1) is 10.4. The number of hydrogen-bond acceptors (Lipinski definition) is 3. The summed E-state index contributed by atoms with van der Waals surface area (Å²) in [6.07, 6.45) is 0. The molecule has 1 heterocycles. The molecule has 0 aliphatic heterocycles. The second-order valence-corrected chi connectivity index (χ2v) is 6.73. The fourth-order valence-electron chi connectivity index (χ4n) is 2.59. The first-order valence-electron chi connectivity index (χ1n) is 7.20. The molecule has 0 aliphatic rings. The fourth-order valence-corrected chi connectivity index (χ4v) is 3.59. The average Bonchev–Trinajstić information content (AvgIpc) is 2.87. The molecule has 1 aromatic heterocycles. The predicted octanol–water partition coefficient (Wildman–Crippen LogP) is 4.78. The third-order valence-corrected chi connectivity index (χ3v) is 4.75. The van der Waals surface area contributed by atoms with E-state index in [1.165, 1.54) is 16.9 Å². The van der Waals surface area contributed by atoms with Gasteiger partial charge in [0, 0.05) is 5.56 Å². The van der Waals surface area contributed by atoms with Crippen LogP contribution in [-0.4, -0.2) is 10.9 Å². The average molecular weight is 310 g/mol. The smallest absolute Gasteiger partial charge is 0.257 e. The summed E-state index contributed by atoms with van der Waals surface area (Å²) in [4.78, 5) is 17.0. The third-order valence-electron chi connectivity index (χ3n) is 3.65. The monoisotopic (exact) mass is 310 g/mol. The first kappa shape index (κ1) is 14.7. The number of anilines is 1. The van der Waals surface area contributed by atoms with Crippen molar-refractivity contribution in [1.29, 1.82) is 0 Å². The standard InChI is InChI=1S/C18H18N2OS/c1-10-7-11(2)9-14(8-10)17(21)20-18-19-15-12(3)5-6-13(4)16(15)22-18/h5-9H,1-4H3,(H,19,20,21). The van der Waals surface area contributed by atoms with Crippen molar-refractivity contribution in [2.24, 2.45) is 0 Å². The van der Waals surface area contributed by atoms with Crippen LogP contribution >= 0.6 is 11.3 Å². The SMILES string of the molecule is Cc1cc(C)cc(C(=O)Nc2nc3c(C)ccc(C)c3s2)c1. The van der Waals surface area contributed by atoms with Crippen LogP contribution < -0.4 is 5.32 Å². The number of nitrogens with one attached hydrogen (secondary N) is 1. The van der Waals surface area contributed by atoms with Crippen molar-refractivity contribution in [2.45, 2.75) is 27.7 Å². The normalized spacial score (nSPS) is 10.9. The van der Waals surface area contributed by atoms with Crippen LogP contribution in [-0.2, 0) is 0 Å². The molecule has 0 atom stereocenters. The van der Waals surface area contributed by atoms with Crippen molar-refractivity contribution in [2.75, 3.05) is 5.32 Å². The molecule has 0 radical (unpaired) electrons. The van der Waals surface area contributed by atoms with Crippen LogP contribution in [0.25, 0.3) is 10.2 Å². The van der Waals surface area contributed by atoms with Gasteiger partial charge in [-0.1, -0.05) is 40.7 Å². The van der Waals surface area contributed by atoms with Crippen molar-refractivity contribution in [3.63, 3.8) is 0 Å². The van der Waals surface area contributed by atoms with Crippen LogP contribution in [0, 0.1) is 27.7 Å². The Morgan fingerprint density at radius 3 is 2.27 bits per heavy atom. The van der Waals surface area contributed by atoms with Gasteiger partial charge in [0.2, 0.25) is 0 Å². The Hall–Kier alpha value is -2.20. The van der Waals surface area contributed by atoms with Gasteiger partial charge >= 0.3 is 0 Å². The minimum absolute atomic E-state index is 0.110. The fraction of sp³-hybridized carbons (Fsp3) is 0.222. The summed E-state index contributed by atoms with van der Waals surface area (Å²) in [5, 5.41) is 3.57. The van der Waals surface area contributed by atoms with Gasteiger partial charge in [-0.2, -0.15) is 0 Å². The molecule has 3 rings (SSSR count). The second-order valence-electron chi connectivity index (χ2n) is 5.73. The van der Waals surface area contributed by atoms with Crippen molar-refractivity contribution in [3.8, 4) is 0 Å². The maximum atomic E-state index is 12.4. The molecule has 3 aromatic rings. The Bertz CT molecular complexity index is 821. The second kappa shape index (κ2) is 5.54. The Labute approximate surface area is 134 Å². The molecule has 0 aliphatic carbocycles. The van der Waals surface area contributed by atoms with Gasteiger partial charge in [-0.15, -0.1) is 0 Å². The zero-order chi connectivity index (χ0) is 15.9. The van der Waals surface area contributed by atoms with E-state index >= 15 is 0 Å². The van der Waals surface area contributed by atoms with E-state index in [2.05, 4.69) is 35.4 Å². The number of aromatic nitrogens is 1. The number of amides is 1. The van der Waals surface area contributed by atoms with E-state index in [1.807, 2.05) is 32.9 Å². The number of thiazole rings is 1. The van der Waals surface area contributed by atoms with Crippen molar-refractivity contribution in [3.05, 3.63) is 58.1 Å². The van der Waals surface area contributed by atoms with Gasteiger partial charge in [0.1, 0.15) is 0 Å². The van der Waals surface area contributed by atoms with Gasteiger partial charge in [0.15, 0.2) is 5.13 Å². The van der Waals surface area contributed by atoms with Gasteiger partial charge in [-0.05, 0) is 51.0 Å². The number of hydrogen-bond donors (Lipinski definition) is 1. The molecular weight excluding hydrogens is 292 g/mol. The van der Waals surface area contributed by atoms with Crippen LogP contribution in [0.1, 0.15) is 32.6 Å². The Morgan fingerprint density at radius 2 is 1.64 bits per heavy atom. The zero-order valence-electron chi connectivity index (χ0n) is 13.2. The van der Waals surface area contributed by atoms with Crippen LogP contribution in [0.5, 0.6) is 0 Å². The number of rotatable bonds is 2. The largest absolute Gasteiger partial charge is 0.298 e. The highest BCUT2D eigenvalue weighted by Gasteiger charge is 2.12. The minimum atomic E-state index is -0.110. The number of fused-ring (bicyclic) bond motifs is 1. The Balaban J connectivity index is 1.94. The van der Waals surface area contributed by atoms with E-state index in [0.717, 1.165) is 26.9 Å². The maximum absolute atomic E-state index is 12.4. The molecule has 0 bridgehead atoms. The molecule has 4 heteroatoms. The van der Waals surface area contributed by atoms with E-state index in [1.54, 1.807) is 0 Å². The molecule has 0 saturated heterocycles. The maximum Gasteiger partial charge on any atom is 0.257 e. The molecule has 1 N–H and O–H groups in total. The summed E-state index contributed by atoms with van der Waals surface area (Å²) in [6, 6.07) is 10.00. The summed E-state index contributed by atoms with van der Waals surface area (Å²) in [6.45, 7) is 8.09. The number of aryl methyl sites for hydroxylation is 4. The predicted molar refractivity (Wildman–Crippen MR) is 93.0 cm³/mol. The van der Waals surface area contributed by atoms with Gasteiger partial charge in [-0.3, -0.25) is 10.1 Å². The van der Waals surface area contributed by atoms with E-state index in [0.29, 0.717) is 10.7 Å². The first-order valence-corrected chi connectivity index (χ1v) is 8.02. The third kappa shape index (κ3) is 2.74. The lowest BCUT2D eigenvalue weighted by molar-refractivity contribution is 0.102. The quantitative estimate of drug-likeness (QED) is 0.740. The molecule has 1 amide bonds. The van der Waals surface area contributed by atoms with Crippen molar-refractivity contribution < 1.29 is 4.79 Å². The molecular formula is C18H18N2OS.